The average molecular weight is 470 g/mol. The predicted octanol–water partition coefficient (Wildman–Crippen LogP) is 3.70. The third-order valence-electron chi connectivity index (χ3n) is 5.96. The number of anilines is 1. The fourth-order valence-electron chi connectivity index (χ4n) is 4.24. The first kappa shape index (κ1) is 22.8. The maximum atomic E-state index is 13.5. The lowest BCUT2D eigenvalue weighted by Gasteiger charge is -2.19. The second-order valence-corrected chi connectivity index (χ2v) is 9.56. The number of hydrogen-bond acceptors (Lipinski definition) is 6. The number of nitrogens with zero attached hydrogens (tertiary/aromatic N) is 1. The van der Waals surface area contributed by atoms with Crippen molar-refractivity contribution in [3.05, 3.63) is 63.4 Å². The van der Waals surface area contributed by atoms with E-state index in [-0.39, 0.29) is 16.1 Å². The number of hydrogen-bond donors (Lipinski definition) is 2. The minimum atomic E-state index is -3.96. The third-order valence-corrected chi connectivity index (χ3v) is 7.41. The molecule has 0 unspecified atom stereocenters. The molecule has 0 radical (unpaired) electrons. The lowest BCUT2D eigenvalue weighted by molar-refractivity contribution is 0.405. The van der Waals surface area contributed by atoms with E-state index in [2.05, 4.69) is 14.9 Å². The summed E-state index contributed by atoms with van der Waals surface area (Å²) in [6.45, 7) is 1.90. The summed E-state index contributed by atoms with van der Waals surface area (Å²) in [7, 11) is -0.973. The van der Waals surface area contributed by atoms with E-state index in [1.165, 1.54) is 14.2 Å². The highest BCUT2D eigenvalue weighted by Gasteiger charge is 2.24. The Balaban J connectivity index is 1.81. The molecular formula is C24H27N3O5S. The van der Waals surface area contributed by atoms with Gasteiger partial charge in [-0.15, -0.1) is 0 Å². The number of fused-ring (bicyclic) bond motifs is 1. The van der Waals surface area contributed by atoms with Gasteiger partial charge in [-0.05, 0) is 61.4 Å². The molecule has 0 aliphatic heterocycles. The predicted molar refractivity (Wildman–Crippen MR) is 127 cm³/mol. The van der Waals surface area contributed by atoms with Crippen LogP contribution in [-0.2, 0) is 29.3 Å². The maximum Gasteiger partial charge on any atom is 0.267 e. The summed E-state index contributed by atoms with van der Waals surface area (Å²) in [6, 6.07) is 10.2. The van der Waals surface area contributed by atoms with Gasteiger partial charge in [-0.2, -0.15) is 5.10 Å². The number of aryl methyl sites for hydroxylation is 1. The topological polar surface area (TPSA) is 110 Å². The van der Waals surface area contributed by atoms with Gasteiger partial charge in [-0.25, -0.2) is 13.5 Å². The van der Waals surface area contributed by atoms with Crippen molar-refractivity contribution in [1.82, 2.24) is 10.2 Å². The van der Waals surface area contributed by atoms with Gasteiger partial charge in [0.15, 0.2) is 0 Å². The Morgan fingerprint density at radius 2 is 1.79 bits per heavy atom. The molecular weight excluding hydrogens is 442 g/mol. The average Bonchev–Trinajstić information content (AvgIpc) is 2.84. The van der Waals surface area contributed by atoms with Gasteiger partial charge in [0, 0.05) is 17.2 Å². The standard InChI is InChI=1S/C24H27N3O5S/c1-4-15-9-10-16(23-18-7-5-6-8-19(18)24(28)26-25-23)13-22(15)33(29,30)27-20-14-17(31-2)11-12-21(20)32-3/h9-14,27H,4-8H2,1-3H3,(H,26,28). The summed E-state index contributed by atoms with van der Waals surface area (Å²) in [4.78, 5) is 12.4. The molecule has 0 bridgehead atoms. The highest BCUT2D eigenvalue weighted by molar-refractivity contribution is 7.92. The first-order chi connectivity index (χ1) is 15.9. The summed E-state index contributed by atoms with van der Waals surface area (Å²) in [6.07, 6.45) is 3.91. The van der Waals surface area contributed by atoms with Crippen molar-refractivity contribution in [2.24, 2.45) is 0 Å². The molecule has 2 aromatic carbocycles. The number of rotatable bonds is 7. The minimum Gasteiger partial charge on any atom is -0.497 e. The lowest BCUT2D eigenvalue weighted by Crippen LogP contribution is -2.21. The molecule has 1 aliphatic carbocycles. The Morgan fingerprint density at radius 3 is 2.48 bits per heavy atom. The van der Waals surface area contributed by atoms with Gasteiger partial charge in [0.05, 0.1) is 30.5 Å². The first-order valence-corrected chi connectivity index (χ1v) is 12.3. The van der Waals surface area contributed by atoms with Crippen molar-refractivity contribution in [3.63, 3.8) is 0 Å². The maximum absolute atomic E-state index is 13.5. The van der Waals surface area contributed by atoms with E-state index in [9.17, 15) is 13.2 Å². The molecule has 0 fully saturated rings. The number of aromatic nitrogens is 2. The van der Waals surface area contributed by atoms with Gasteiger partial charge in [0.25, 0.3) is 15.6 Å². The first-order valence-electron chi connectivity index (χ1n) is 10.9. The molecule has 0 saturated heterocycles. The molecule has 1 heterocycles. The van der Waals surface area contributed by atoms with Crippen LogP contribution in [0.1, 0.15) is 36.5 Å². The second kappa shape index (κ2) is 9.27. The number of ether oxygens (including phenoxy) is 2. The van der Waals surface area contributed by atoms with Crippen molar-refractivity contribution in [3.8, 4) is 22.8 Å². The normalized spacial score (nSPS) is 13.3. The Bertz CT molecular complexity index is 1350. The van der Waals surface area contributed by atoms with Crippen LogP contribution < -0.4 is 19.8 Å². The zero-order valence-electron chi connectivity index (χ0n) is 18.9. The third kappa shape index (κ3) is 4.45. The highest BCUT2D eigenvalue weighted by Crippen LogP contribution is 2.34. The number of methoxy groups -OCH3 is 2. The Hall–Kier alpha value is -3.33. The van der Waals surface area contributed by atoms with E-state index in [1.54, 1.807) is 30.3 Å². The number of aromatic amines is 1. The van der Waals surface area contributed by atoms with Crippen LogP contribution in [0.15, 0.2) is 46.1 Å². The molecule has 9 heteroatoms. The molecule has 8 nitrogen and oxygen atoms in total. The van der Waals surface area contributed by atoms with Crippen molar-refractivity contribution in [2.75, 3.05) is 18.9 Å². The van der Waals surface area contributed by atoms with E-state index in [1.807, 2.05) is 13.0 Å². The summed E-state index contributed by atoms with van der Waals surface area (Å²) >= 11 is 0. The van der Waals surface area contributed by atoms with Crippen molar-refractivity contribution in [1.29, 1.82) is 0 Å². The van der Waals surface area contributed by atoms with E-state index in [4.69, 9.17) is 9.47 Å². The van der Waals surface area contributed by atoms with Crippen LogP contribution in [0.4, 0.5) is 5.69 Å². The quantitative estimate of drug-likeness (QED) is 0.546. The monoisotopic (exact) mass is 469 g/mol. The van der Waals surface area contributed by atoms with Crippen molar-refractivity contribution >= 4 is 15.7 Å². The van der Waals surface area contributed by atoms with E-state index >= 15 is 0 Å². The molecule has 0 atom stereocenters. The smallest absolute Gasteiger partial charge is 0.267 e. The van der Waals surface area contributed by atoms with Gasteiger partial charge in [-0.3, -0.25) is 9.52 Å². The second-order valence-electron chi connectivity index (χ2n) is 7.91. The zero-order valence-corrected chi connectivity index (χ0v) is 19.7. The van der Waals surface area contributed by atoms with Crippen LogP contribution in [0.25, 0.3) is 11.3 Å². The number of benzene rings is 2. The molecule has 33 heavy (non-hydrogen) atoms. The molecule has 174 valence electrons. The van der Waals surface area contributed by atoms with Gasteiger partial charge >= 0.3 is 0 Å². The number of sulfonamides is 1. The number of H-pyrrole nitrogens is 1. The molecule has 1 aromatic heterocycles. The van der Waals surface area contributed by atoms with Gasteiger partial charge in [0.1, 0.15) is 11.5 Å². The van der Waals surface area contributed by atoms with Gasteiger partial charge in [0.2, 0.25) is 0 Å². The van der Waals surface area contributed by atoms with Crippen LogP contribution in [0.2, 0.25) is 0 Å². The number of nitrogens with one attached hydrogen (secondary N) is 2. The summed E-state index contributed by atoms with van der Waals surface area (Å²) < 4.78 is 40.2. The van der Waals surface area contributed by atoms with Crippen LogP contribution >= 0.6 is 0 Å². The molecule has 2 N–H and O–H groups in total. The largest absolute Gasteiger partial charge is 0.497 e. The van der Waals surface area contributed by atoms with Gasteiger partial charge < -0.3 is 9.47 Å². The van der Waals surface area contributed by atoms with Crippen LogP contribution in [0.5, 0.6) is 11.5 Å². The summed E-state index contributed by atoms with van der Waals surface area (Å²) in [5, 5.41) is 6.87. The Morgan fingerprint density at radius 1 is 1.03 bits per heavy atom. The SMILES string of the molecule is CCc1ccc(-c2n[nH]c(=O)c3c2CCCC3)cc1S(=O)(=O)Nc1cc(OC)ccc1OC. The van der Waals surface area contributed by atoms with E-state index in [0.29, 0.717) is 41.2 Å². The fraction of sp³-hybridized carbons (Fsp3) is 0.333. The Labute approximate surface area is 193 Å². The molecule has 3 aromatic rings. The zero-order chi connectivity index (χ0) is 23.6. The molecule has 0 amide bonds. The lowest BCUT2D eigenvalue weighted by atomic mass is 9.89. The van der Waals surface area contributed by atoms with E-state index in [0.717, 1.165) is 30.4 Å². The van der Waals surface area contributed by atoms with Gasteiger partial charge in [-0.1, -0.05) is 19.1 Å². The molecule has 0 saturated carbocycles. The fourth-order valence-corrected chi connectivity index (χ4v) is 5.63. The minimum absolute atomic E-state index is 0.157. The highest BCUT2D eigenvalue weighted by atomic mass is 32.2. The van der Waals surface area contributed by atoms with E-state index < -0.39 is 10.0 Å². The molecule has 1 aliphatic rings. The van der Waals surface area contributed by atoms with Crippen molar-refractivity contribution < 1.29 is 17.9 Å². The van der Waals surface area contributed by atoms with Crippen molar-refractivity contribution in [2.45, 2.75) is 43.9 Å². The summed E-state index contributed by atoms with van der Waals surface area (Å²) in [5.74, 6) is 0.881. The molecule has 0 spiro atoms. The van der Waals surface area contributed by atoms with Crippen LogP contribution in [0.3, 0.4) is 0 Å². The van der Waals surface area contributed by atoms with Crippen LogP contribution in [-0.4, -0.2) is 32.8 Å². The Kier molecular flexibility index (Phi) is 6.42. The van der Waals surface area contributed by atoms with Crippen LogP contribution in [0, 0.1) is 0 Å². The summed E-state index contributed by atoms with van der Waals surface area (Å²) in [5.41, 5.74) is 3.71. The molecule has 4 rings (SSSR count).